The highest BCUT2D eigenvalue weighted by Gasteiger charge is 2.13. The summed E-state index contributed by atoms with van der Waals surface area (Å²) >= 11 is 0. The number of carboxylic acids is 1. The van der Waals surface area contributed by atoms with Crippen LogP contribution in [0.2, 0.25) is 0 Å². The molecular weight excluding hydrogens is 240 g/mol. The molecule has 2 N–H and O–H groups in total. The van der Waals surface area contributed by atoms with Crippen molar-refractivity contribution in [1.82, 2.24) is 0 Å². The highest BCUT2D eigenvalue weighted by atomic mass is 32.2. The average molecular weight is 252 g/mol. The van der Waals surface area contributed by atoms with Crippen molar-refractivity contribution < 1.29 is 32.4 Å². The average Bonchev–Trinajstić information content (AvgIpc) is 2.17. The molecule has 0 spiro atoms. The van der Waals surface area contributed by atoms with Crippen molar-refractivity contribution in [3.63, 3.8) is 0 Å². The van der Waals surface area contributed by atoms with Gasteiger partial charge in [0, 0.05) is 6.08 Å². The molecule has 0 aromatic carbocycles. The lowest BCUT2D eigenvalue weighted by atomic mass is 10.4. The van der Waals surface area contributed by atoms with E-state index in [0.717, 1.165) is 6.08 Å². The fraction of sp³-hybridized carbons (Fsp3) is 0.250. The molecule has 0 bridgehead atoms. The van der Waals surface area contributed by atoms with Crippen LogP contribution in [0.1, 0.15) is 6.92 Å². The molecule has 0 saturated carbocycles. The van der Waals surface area contributed by atoms with E-state index in [1.54, 1.807) is 0 Å². The first-order valence-electron chi connectivity index (χ1n) is 3.79. The number of esters is 1. The van der Waals surface area contributed by atoms with E-state index < -0.39 is 28.2 Å². The zero-order valence-corrected chi connectivity index (χ0v) is 9.31. The van der Waals surface area contributed by atoms with E-state index in [-0.39, 0.29) is 0 Å². The molecule has 0 fully saturated rings. The summed E-state index contributed by atoms with van der Waals surface area (Å²) in [6.07, 6.45) is -0.190. The first kappa shape index (κ1) is 16.7. The van der Waals surface area contributed by atoms with E-state index >= 15 is 0 Å². The van der Waals surface area contributed by atoms with E-state index in [1.807, 2.05) is 0 Å². The molecule has 8 heteroatoms. The van der Waals surface area contributed by atoms with Crippen molar-refractivity contribution in [2.24, 2.45) is 0 Å². The summed E-state index contributed by atoms with van der Waals surface area (Å²) in [7, 11) is -3.90. The van der Waals surface area contributed by atoms with Crippen LogP contribution in [-0.4, -0.2) is 36.1 Å². The third-order valence-corrected chi connectivity index (χ3v) is 1.44. The summed E-state index contributed by atoms with van der Waals surface area (Å²) in [4.78, 5) is 20.4. The van der Waals surface area contributed by atoms with Gasteiger partial charge in [0.05, 0.1) is 5.41 Å². The first-order valence-corrected chi connectivity index (χ1v) is 5.30. The number of carboxylic acid groups (broad SMARTS) is 1. The lowest BCUT2D eigenvalue weighted by molar-refractivity contribution is -0.159. The fourth-order valence-corrected chi connectivity index (χ4v) is 0.273. The van der Waals surface area contributed by atoms with Gasteiger partial charge in [-0.3, -0.25) is 4.55 Å². The smallest absolute Gasteiger partial charge is 0.344 e. The Morgan fingerprint density at radius 3 is 1.94 bits per heavy atom. The summed E-state index contributed by atoms with van der Waals surface area (Å²) < 4.78 is 30.9. The molecule has 0 amide bonds. The van der Waals surface area contributed by atoms with Crippen LogP contribution < -0.4 is 0 Å². The zero-order chi connectivity index (χ0) is 13.4. The van der Waals surface area contributed by atoms with E-state index in [1.165, 1.54) is 6.92 Å². The molecule has 7 nitrogen and oxygen atoms in total. The van der Waals surface area contributed by atoms with Gasteiger partial charge >= 0.3 is 11.9 Å². The van der Waals surface area contributed by atoms with Crippen LogP contribution in [-0.2, 0) is 24.4 Å². The van der Waals surface area contributed by atoms with Crippen LogP contribution in [0.15, 0.2) is 24.6 Å². The van der Waals surface area contributed by atoms with Gasteiger partial charge in [-0.15, -0.1) is 0 Å². The first-order chi connectivity index (χ1) is 7.14. The minimum absolute atomic E-state index is 0.465. The number of aliphatic carboxylic acids is 1. The van der Waals surface area contributed by atoms with Crippen molar-refractivity contribution in [3.05, 3.63) is 24.6 Å². The molecule has 0 aliphatic rings. The Hall–Kier alpha value is -1.67. The molecule has 92 valence electrons. The van der Waals surface area contributed by atoms with Crippen LogP contribution in [0, 0.1) is 0 Å². The van der Waals surface area contributed by atoms with E-state index in [0.29, 0.717) is 5.41 Å². The Morgan fingerprint density at radius 1 is 1.38 bits per heavy atom. The van der Waals surface area contributed by atoms with Crippen molar-refractivity contribution in [2.75, 3.05) is 0 Å². The van der Waals surface area contributed by atoms with Gasteiger partial charge in [-0.25, -0.2) is 9.59 Å². The monoisotopic (exact) mass is 252 g/mol. The third-order valence-electron chi connectivity index (χ3n) is 1.02. The maximum atomic E-state index is 10.3. The van der Waals surface area contributed by atoms with Gasteiger partial charge in [-0.1, -0.05) is 13.2 Å². The number of carbonyl (C=O) groups is 2. The van der Waals surface area contributed by atoms with Crippen molar-refractivity contribution in [2.45, 2.75) is 13.0 Å². The summed E-state index contributed by atoms with van der Waals surface area (Å²) in [6, 6.07) is 0. The molecule has 0 aliphatic heterocycles. The van der Waals surface area contributed by atoms with Crippen molar-refractivity contribution >= 4 is 22.1 Å². The molecule has 0 saturated heterocycles. The van der Waals surface area contributed by atoms with Gasteiger partial charge in [0.1, 0.15) is 0 Å². The number of carbonyl (C=O) groups excluding carboxylic acids is 1. The number of hydrogen-bond donors (Lipinski definition) is 2. The van der Waals surface area contributed by atoms with Crippen molar-refractivity contribution in [1.29, 1.82) is 0 Å². The second-order valence-electron chi connectivity index (χ2n) is 2.30. The summed E-state index contributed by atoms with van der Waals surface area (Å²) in [5, 5.41) is 8.68. The molecule has 1 atom stereocenters. The van der Waals surface area contributed by atoms with Crippen molar-refractivity contribution in [3.8, 4) is 0 Å². The fourth-order valence-electron chi connectivity index (χ4n) is 0.273. The minimum atomic E-state index is -3.90. The van der Waals surface area contributed by atoms with Crippen LogP contribution in [0.25, 0.3) is 0 Å². The Balaban J connectivity index is 0. The topological polar surface area (TPSA) is 118 Å². The number of rotatable bonds is 4. The Labute approximate surface area is 92.8 Å². The van der Waals surface area contributed by atoms with Gasteiger partial charge < -0.3 is 9.84 Å². The molecule has 0 rings (SSSR count). The predicted octanol–water partition coefficient (Wildman–Crippen LogP) is 0.206. The summed E-state index contributed by atoms with van der Waals surface area (Å²) in [6.45, 7) is 7.17. The molecule has 0 aliphatic carbocycles. The minimum Gasteiger partial charge on any atom is -0.479 e. The largest absolute Gasteiger partial charge is 0.479 e. The van der Waals surface area contributed by atoms with Crippen LogP contribution in [0.3, 0.4) is 0 Å². The van der Waals surface area contributed by atoms with Gasteiger partial charge in [0.15, 0.2) is 6.10 Å². The highest BCUT2D eigenvalue weighted by Crippen LogP contribution is 1.90. The molecule has 0 aromatic heterocycles. The molecule has 0 radical (unpaired) electrons. The second kappa shape index (κ2) is 7.60. The van der Waals surface area contributed by atoms with Gasteiger partial charge in [0.25, 0.3) is 10.1 Å². The van der Waals surface area contributed by atoms with Gasteiger partial charge in [-0.2, -0.15) is 8.42 Å². The Kier molecular flexibility index (Phi) is 7.96. The number of hydrogen-bond acceptors (Lipinski definition) is 5. The van der Waals surface area contributed by atoms with Gasteiger partial charge in [0.2, 0.25) is 0 Å². The lowest BCUT2D eigenvalue weighted by Gasteiger charge is -2.04. The molecule has 1 unspecified atom stereocenters. The normalized spacial score (nSPS) is 11.4. The SMILES string of the molecule is C=CC(=O)OC(C)C(=O)O.C=CS(=O)(=O)O. The lowest BCUT2D eigenvalue weighted by Crippen LogP contribution is -2.22. The third kappa shape index (κ3) is 12.3. The Morgan fingerprint density at radius 2 is 1.75 bits per heavy atom. The van der Waals surface area contributed by atoms with Crippen LogP contribution in [0.4, 0.5) is 0 Å². The maximum Gasteiger partial charge on any atom is 0.344 e. The van der Waals surface area contributed by atoms with Crippen LogP contribution in [0.5, 0.6) is 0 Å². The van der Waals surface area contributed by atoms with Crippen LogP contribution >= 0.6 is 0 Å². The second-order valence-corrected chi connectivity index (χ2v) is 3.67. The molecule has 0 heterocycles. The quantitative estimate of drug-likeness (QED) is 0.417. The summed E-state index contributed by atoms with van der Waals surface area (Å²) in [5.41, 5.74) is 0. The molecule has 16 heavy (non-hydrogen) atoms. The van der Waals surface area contributed by atoms with E-state index in [9.17, 15) is 18.0 Å². The predicted molar refractivity (Wildman–Crippen MR) is 55.1 cm³/mol. The zero-order valence-electron chi connectivity index (χ0n) is 8.49. The number of ether oxygens (including phenoxy) is 1. The molecular formula is C8H12O7S. The maximum absolute atomic E-state index is 10.3. The van der Waals surface area contributed by atoms with Gasteiger partial charge in [-0.05, 0) is 6.92 Å². The summed E-state index contributed by atoms with van der Waals surface area (Å²) in [5.74, 6) is -1.90. The molecule has 0 aromatic rings. The van der Waals surface area contributed by atoms with E-state index in [4.69, 9.17) is 9.66 Å². The Bertz CT molecular complexity index is 356. The standard InChI is InChI=1S/C6H8O4.C2H4O3S/c1-3-5(7)10-4(2)6(8)9;1-2-6(3,4)5/h3-4H,1H2,2H3,(H,8,9);2H,1H2,(H,3,4,5). The highest BCUT2D eigenvalue weighted by molar-refractivity contribution is 7.88. The van der Waals surface area contributed by atoms with E-state index in [2.05, 4.69) is 17.9 Å².